The average molecular weight is 190 g/mol. The van der Waals surface area contributed by atoms with Gasteiger partial charge in [0.05, 0.1) is 0 Å². The molecule has 1 aliphatic rings. The predicted molar refractivity (Wildman–Crippen MR) is 58.3 cm³/mol. The molecule has 3 rings (SSSR count). The van der Waals surface area contributed by atoms with Gasteiger partial charge in [0.25, 0.3) is 0 Å². The first-order valence-corrected chi connectivity index (χ1v) is 4.95. The van der Waals surface area contributed by atoms with E-state index < -0.39 is 0 Å². The zero-order chi connectivity index (χ0) is 9.80. The van der Waals surface area contributed by atoms with Crippen molar-refractivity contribution in [3.63, 3.8) is 0 Å². The van der Waals surface area contributed by atoms with Gasteiger partial charge >= 0.3 is 0 Å². The average Bonchev–Trinajstić information content (AvgIpc) is 2.94. The predicted octanol–water partition coefficient (Wildman–Crippen LogP) is 0.255. The summed E-state index contributed by atoms with van der Waals surface area (Å²) in [6.07, 6.45) is 0. The number of hydrogen-bond acceptors (Lipinski definition) is 3. The lowest BCUT2D eigenvalue weighted by molar-refractivity contribution is 0.534. The molecule has 0 aromatic heterocycles. The topological polar surface area (TPSA) is 41.1 Å². The Kier molecular flexibility index (Phi) is 2.91. The van der Waals surface area contributed by atoms with Gasteiger partial charge in [-0.05, 0) is 0 Å². The second-order valence-electron chi connectivity index (χ2n) is 3.37. The fraction of sp³-hybridized carbons (Fsp3) is 0.364. The molecule has 0 unspecified atom stereocenters. The van der Waals surface area contributed by atoms with E-state index in [1.165, 1.54) is 0 Å². The van der Waals surface area contributed by atoms with Crippen LogP contribution >= 0.6 is 0 Å². The molecular formula is C11H14N2O. The molecule has 1 fully saturated rings. The molecule has 1 saturated heterocycles. The van der Waals surface area contributed by atoms with E-state index in [0.29, 0.717) is 0 Å². The summed E-state index contributed by atoms with van der Waals surface area (Å²) in [4.78, 5) is 10.5. The third-order valence-electron chi connectivity index (χ3n) is 2.31. The van der Waals surface area contributed by atoms with Crippen LogP contribution in [0.1, 0.15) is 0 Å². The Labute approximate surface area is 82.8 Å². The van der Waals surface area contributed by atoms with Crippen LogP contribution in [-0.2, 0) is 0 Å². The van der Waals surface area contributed by atoms with Crippen LogP contribution in [0.2, 0.25) is 0 Å². The van der Waals surface area contributed by atoms with Crippen molar-refractivity contribution in [1.82, 2.24) is 10.6 Å². The van der Waals surface area contributed by atoms with Gasteiger partial charge < -0.3 is 10.6 Å². The van der Waals surface area contributed by atoms with Crippen LogP contribution in [0.3, 0.4) is 0 Å². The summed E-state index contributed by atoms with van der Waals surface area (Å²) in [5, 5.41) is 8.24. The number of rotatable bonds is 0. The van der Waals surface area contributed by atoms with Crippen LogP contribution in [0.4, 0.5) is 0 Å². The van der Waals surface area contributed by atoms with Crippen molar-refractivity contribution >= 4 is 10.8 Å². The third kappa shape index (κ3) is 2.19. The van der Waals surface area contributed by atoms with Crippen LogP contribution in [0.25, 0.3) is 10.8 Å². The zero-order valence-electron chi connectivity index (χ0n) is 8.05. The van der Waals surface area contributed by atoms with Crippen molar-refractivity contribution in [3.8, 4) is 0 Å². The molecular weight excluding hydrogens is 176 g/mol. The van der Waals surface area contributed by atoms with Crippen LogP contribution in [0.15, 0.2) is 29.1 Å². The summed E-state index contributed by atoms with van der Waals surface area (Å²) in [5.41, 5.74) is 0.218. The first-order valence-electron chi connectivity index (χ1n) is 4.95. The second kappa shape index (κ2) is 4.35. The van der Waals surface area contributed by atoms with Crippen LogP contribution in [0.5, 0.6) is 0 Å². The monoisotopic (exact) mass is 190 g/mol. The lowest BCUT2D eigenvalue weighted by atomic mass is 10.4. The van der Waals surface area contributed by atoms with Gasteiger partial charge in [0.1, 0.15) is 0 Å². The largest absolute Gasteiger partial charge is 0.314 e. The van der Waals surface area contributed by atoms with Gasteiger partial charge in [-0.15, -0.1) is 0 Å². The smallest absolute Gasteiger partial charge is 0.194 e. The maximum Gasteiger partial charge on any atom is 0.194 e. The minimum absolute atomic E-state index is 0.218. The first kappa shape index (κ1) is 9.37. The lowest BCUT2D eigenvalue weighted by Gasteiger charge is -2.11. The van der Waals surface area contributed by atoms with Crippen LogP contribution < -0.4 is 16.1 Å². The Bertz CT molecular complexity index is 369. The van der Waals surface area contributed by atoms with Crippen molar-refractivity contribution in [2.24, 2.45) is 0 Å². The molecule has 2 aromatic carbocycles. The fourth-order valence-corrected chi connectivity index (χ4v) is 1.44. The van der Waals surface area contributed by atoms with Crippen molar-refractivity contribution in [2.45, 2.75) is 0 Å². The number of nitrogens with one attached hydrogen (secondary N) is 2. The highest BCUT2D eigenvalue weighted by Crippen LogP contribution is 2.11. The summed E-state index contributed by atoms with van der Waals surface area (Å²) >= 11 is 0. The number of benzene rings is 1. The van der Waals surface area contributed by atoms with E-state index in [1.54, 1.807) is 0 Å². The van der Waals surface area contributed by atoms with E-state index in [2.05, 4.69) is 10.6 Å². The molecule has 2 N–H and O–H groups in total. The van der Waals surface area contributed by atoms with Gasteiger partial charge in [-0.25, -0.2) is 0 Å². The molecule has 0 bridgehead atoms. The van der Waals surface area contributed by atoms with E-state index in [0.717, 1.165) is 37.0 Å². The normalized spacial score (nSPS) is 16.6. The minimum Gasteiger partial charge on any atom is -0.314 e. The van der Waals surface area contributed by atoms with Crippen LogP contribution in [-0.4, -0.2) is 26.2 Å². The van der Waals surface area contributed by atoms with Gasteiger partial charge in [0.2, 0.25) is 0 Å². The van der Waals surface area contributed by atoms with Gasteiger partial charge in [0.15, 0.2) is 5.43 Å². The second-order valence-corrected chi connectivity index (χ2v) is 3.37. The molecule has 1 heterocycles. The Morgan fingerprint density at radius 1 is 0.857 bits per heavy atom. The number of piperazine rings is 1. The minimum atomic E-state index is 0.218. The quantitative estimate of drug-likeness (QED) is 0.626. The van der Waals surface area contributed by atoms with Gasteiger partial charge in [0, 0.05) is 37.0 Å². The van der Waals surface area contributed by atoms with Crippen LogP contribution in [0, 0.1) is 0 Å². The molecule has 3 heteroatoms. The summed E-state index contributed by atoms with van der Waals surface area (Å²) < 4.78 is 0. The van der Waals surface area contributed by atoms with E-state index in [-0.39, 0.29) is 5.43 Å². The molecule has 0 atom stereocenters. The fourth-order valence-electron chi connectivity index (χ4n) is 1.44. The molecule has 3 nitrogen and oxygen atoms in total. The Morgan fingerprint density at radius 3 is 1.57 bits per heavy atom. The van der Waals surface area contributed by atoms with E-state index >= 15 is 0 Å². The van der Waals surface area contributed by atoms with E-state index in [1.807, 2.05) is 24.3 Å². The molecule has 2 aromatic rings. The SMILES string of the molecule is C1CNCCN1.O=c1c2ccccc12. The molecule has 74 valence electrons. The standard InChI is InChI=1S/C7H4O.C4H10N2/c8-7-5-3-1-2-4-6(5)7;1-2-6-4-3-5-1/h1-4H;5-6H,1-4H2. The van der Waals surface area contributed by atoms with Crippen molar-refractivity contribution in [1.29, 1.82) is 0 Å². The van der Waals surface area contributed by atoms with Crippen molar-refractivity contribution in [2.75, 3.05) is 26.2 Å². The summed E-state index contributed by atoms with van der Waals surface area (Å²) in [5.74, 6) is 0. The zero-order valence-corrected chi connectivity index (χ0v) is 8.05. The molecule has 0 amide bonds. The van der Waals surface area contributed by atoms with Gasteiger partial charge in [-0.3, -0.25) is 4.79 Å². The van der Waals surface area contributed by atoms with Gasteiger partial charge in [-0.2, -0.15) is 0 Å². The molecule has 0 aliphatic carbocycles. The van der Waals surface area contributed by atoms with Gasteiger partial charge in [-0.1, -0.05) is 24.3 Å². The third-order valence-corrected chi connectivity index (χ3v) is 2.31. The Hall–Kier alpha value is -1.19. The Balaban J connectivity index is 0.000000112. The highest BCUT2D eigenvalue weighted by Gasteiger charge is 2.07. The van der Waals surface area contributed by atoms with Crippen molar-refractivity contribution < 1.29 is 0 Å². The lowest BCUT2D eigenvalue weighted by Crippen LogP contribution is -2.39. The van der Waals surface area contributed by atoms with E-state index in [9.17, 15) is 4.79 Å². The van der Waals surface area contributed by atoms with Crippen molar-refractivity contribution in [3.05, 3.63) is 34.5 Å². The maximum absolute atomic E-state index is 10.5. The number of hydrogen-bond donors (Lipinski definition) is 2. The first-order chi connectivity index (χ1) is 6.89. The maximum atomic E-state index is 10.5. The Morgan fingerprint density at radius 2 is 1.29 bits per heavy atom. The molecule has 14 heavy (non-hydrogen) atoms. The highest BCUT2D eigenvalue weighted by molar-refractivity contribution is 5.96. The highest BCUT2D eigenvalue weighted by atomic mass is 16.1. The van der Waals surface area contributed by atoms with E-state index in [4.69, 9.17) is 0 Å². The molecule has 0 saturated carbocycles. The summed E-state index contributed by atoms with van der Waals surface area (Å²) in [6, 6.07) is 7.45. The summed E-state index contributed by atoms with van der Waals surface area (Å²) in [6.45, 7) is 4.56. The molecule has 1 aliphatic heterocycles. The molecule has 0 spiro atoms. The summed E-state index contributed by atoms with van der Waals surface area (Å²) in [7, 11) is 0. The number of fused-ring (bicyclic) bond motifs is 1. The molecule has 0 radical (unpaired) electrons.